The zero-order valence-corrected chi connectivity index (χ0v) is 14.3. The monoisotopic (exact) mass is 268 g/mol. The van der Waals surface area contributed by atoms with Gasteiger partial charge < -0.3 is 0 Å². The Morgan fingerprint density at radius 1 is 0.526 bits per heavy atom. The van der Waals surface area contributed by atoms with Crippen molar-refractivity contribution >= 4 is 0 Å². The number of hydrogen-bond acceptors (Lipinski definition) is 0. The van der Waals surface area contributed by atoms with Crippen molar-refractivity contribution in [2.75, 3.05) is 0 Å². The molecule has 0 aromatic rings. The third-order valence-corrected chi connectivity index (χ3v) is 4.64. The van der Waals surface area contributed by atoms with Gasteiger partial charge in [0.1, 0.15) is 0 Å². The highest BCUT2D eigenvalue weighted by Gasteiger charge is 2.02. The fourth-order valence-electron chi connectivity index (χ4n) is 2.78. The van der Waals surface area contributed by atoms with Crippen molar-refractivity contribution in [1.82, 2.24) is 0 Å². The van der Waals surface area contributed by atoms with Crippen molar-refractivity contribution in [3.63, 3.8) is 0 Å². The lowest BCUT2D eigenvalue weighted by Gasteiger charge is -2.10. The summed E-state index contributed by atoms with van der Waals surface area (Å²) in [6.45, 7) is 9.44. The first kappa shape index (κ1) is 19.0. The van der Waals surface area contributed by atoms with E-state index in [1.54, 1.807) is 0 Å². The highest BCUT2D eigenvalue weighted by molar-refractivity contribution is 4.55. The molecular weight excluding hydrogens is 228 g/mol. The minimum absolute atomic E-state index is 0.948. The molecule has 0 nitrogen and oxygen atoms in total. The van der Waals surface area contributed by atoms with E-state index in [1.165, 1.54) is 83.5 Å². The van der Waals surface area contributed by atoms with Crippen molar-refractivity contribution < 1.29 is 0 Å². The summed E-state index contributed by atoms with van der Waals surface area (Å²) in [7, 11) is 0. The maximum absolute atomic E-state index is 2.45. The molecule has 0 rings (SSSR count). The van der Waals surface area contributed by atoms with Crippen LogP contribution in [0.3, 0.4) is 0 Å². The van der Waals surface area contributed by atoms with E-state index in [-0.39, 0.29) is 0 Å². The van der Waals surface area contributed by atoms with Gasteiger partial charge in [-0.05, 0) is 11.8 Å². The summed E-state index contributed by atoms with van der Waals surface area (Å²) in [6, 6.07) is 0. The van der Waals surface area contributed by atoms with Gasteiger partial charge in [-0.15, -0.1) is 0 Å². The summed E-state index contributed by atoms with van der Waals surface area (Å²) >= 11 is 0. The molecular formula is C19H40. The molecule has 0 amide bonds. The maximum atomic E-state index is 2.45. The minimum atomic E-state index is 0.948. The van der Waals surface area contributed by atoms with Crippen LogP contribution in [-0.4, -0.2) is 0 Å². The lowest BCUT2D eigenvalue weighted by molar-refractivity contribution is 0.431. The van der Waals surface area contributed by atoms with E-state index < -0.39 is 0 Å². The fourth-order valence-corrected chi connectivity index (χ4v) is 2.78. The Hall–Kier alpha value is 0. The van der Waals surface area contributed by atoms with E-state index in [9.17, 15) is 0 Å². The van der Waals surface area contributed by atoms with E-state index in [2.05, 4.69) is 27.7 Å². The molecule has 0 aromatic carbocycles. The van der Waals surface area contributed by atoms with Gasteiger partial charge in [0.15, 0.2) is 0 Å². The molecule has 0 fully saturated rings. The van der Waals surface area contributed by atoms with E-state index in [0.29, 0.717) is 0 Å². The van der Waals surface area contributed by atoms with Crippen LogP contribution in [0.1, 0.15) is 111 Å². The van der Waals surface area contributed by atoms with E-state index in [4.69, 9.17) is 0 Å². The lowest BCUT2D eigenvalue weighted by atomic mass is 9.96. The topological polar surface area (TPSA) is 0 Å². The first-order valence-electron chi connectivity index (χ1n) is 9.20. The van der Waals surface area contributed by atoms with Gasteiger partial charge in [-0.1, -0.05) is 111 Å². The molecule has 0 saturated carbocycles. The molecule has 116 valence electrons. The van der Waals surface area contributed by atoms with Crippen LogP contribution in [0.5, 0.6) is 0 Å². The highest BCUT2D eigenvalue weighted by Crippen LogP contribution is 2.18. The molecule has 0 heterocycles. The fraction of sp³-hybridized carbons (Fsp3) is 1.00. The molecule has 0 radical (unpaired) electrons. The van der Waals surface area contributed by atoms with Crippen LogP contribution in [0.15, 0.2) is 0 Å². The number of rotatable bonds is 14. The molecule has 0 aliphatic carbocycles. The summed E-state index contributed by atoms with van der Waals surface area (Å²) in [4.78, 5) is 0. The van der Waals surface area contributed by atoms with Crippen LogP contribution in [-0.2, 0) is 0 Å². The zero-order valence-electron chi connectivity index (χ0n) is 14.3. The Morgan fingerprint density at radius 2 is 0.947 bits per heavy atom. The largest absolute Gasteiger partial charge is 0.0654 e. The predicted molar refractivity (Wildman–Crippen MR) is 89.7 cm³/mol. The first-order valence-corrected chi connectivity index (χ1v) is 9.20. The van der Waals surface area contributed by atoms with E-state index in [0.717, 1.165) is 11.8 Å². The average molecular weight is 269 g/mol. The second kappa shape index (κ2) is 14.4. The normalized spacial score (nSPS) is 14.5. The lowest BCUT2D eigenvalue weighted by Crippen LogP contribution is -1.95. The molecule has 2 unspecified atom stereocenters. The van der Waals surface area contributed by atoms with Crippen molar-refractivity contribution in [1.29, 1.82) is 0 Å². The molecule has 2 atom stereocenters. The maximum Gasteiger partial charge on any atom is -0.0443 e. The van der Waals surface area contributed by atoms with Crippen LogP contribution in [0, 0.1) is 11.8 Å². The Morgan fingerprint density at radius 3 is 1.42 bits per heavy atom. The summed E-state index contributed by atoms with van der Waals surface area (Å²) in [5.74, 6) is 1.92. The number of unbranched alkanes of at least 4 members (excludes halogenated alkanes) is 7. The predicted octanol–water partition coefficient (Wildman–Crippen LogP) is 7.37. The van der Waals surface area contributed by atoms with Gasteiger partial charge in [-0.2, -0.15) is 0 Å². The van der Waals surface area contributed by atoms with E-state index >= 15 is 0 Å². The average Bonchev–Trinajstić information content (AvgIpc) is 2.41. The Balaban J connectivity index is 3.13. The molecule has 0 saturated heterocycles. The SMILES string of the molecule is CCCCCC(C)CCCCCCCCC(C)CC. The standard InChI is InChI=1S/C19H40/c1-5-7-12-16-19(4)17-14-11-9-8-10-13-15-18(3)6-2/h18-19H,5-17H2,1-4H3. The molecule has 0 N–H and O–H groups in total. The minimum Gasteiger partial charge on any atom is -0.0654 e. The second-order valence-corrected chi connectivity index (χ2v) is 6.81. The summed E-state index contributed by atoms with van der Waals surface area (Å²) < 4.78 is 0. The molecule has 0 bridgehead atoms. The van der Waals surface area contributed by atoms with Crippen molar-refractivity contribution in [3.05, 3.63) is 0 Å². The van der Waals surface area contributed by atoms with E-state index in [1.807, 2.05) is 0 Å². The Bertz CT molecular complexity index is 161. The smallest absolute Gasteiger partial charge is 0.0443 e. The molecule has 0 aromatic heterocycles. The molecule has 0 spiro atoms. The van der Waals surface area contributed by atoms with Crippen molar-refractivity contribution in [2.24, 2.45) is 11.8 Å². The molecule has 0 aliphatic rings. The van der Waals surface area contributed by atoms with Crippen LogP contribution in [0.2, 0.25) is 0 Å². The third kappa shape index (κ3) is 14.2. The Labute approximate surface area is 123 Å². The van der Waals surface area contributed by atoms with Gasteiger partial charge >= 0.3 is 0 Å². The molecule has 19 heavy (non-hydrogen) atoms. The third-order valence-electron chi connectivity index (χ3n) is 4.64. The quantitative estimate of drug-likeness (QED) is 0.288. The summed E-state index contributed by atoms with van der Waals surface area (Å²) in [5, 5.41) is 0. The first-order chi connectivity index (χ1) is 9.20. The molecule has 0 aliphatic heterocycles. The number of hydrogen-bond donors (Lipinski definition) is 0. The van der Waals surface area contributed by atoms with Gasteiger partial charge in [-0.25, -0.2) is 0 Å². The summed E-state index contributed by atoms with van der Waals surface area (Å²) in [5.41, 5.74) is 0. The second-order valence-electron chi connectivity index (χ2n) is 6.81. The van der Waals surface area contributed by atoms with Crippen LogP contribution in [0.4, 0.5) is 0 Å². The van der Waals surface area contributed by atoms with Crippen LogP contribution < -0.4 is 0 Å². The summed E-state index contributed by atoms with van der Waals surface area (Å²) in [6.07, 6.45) is 18.8. The van der Waals surface area contributed by atoms with Crippen LogP contribution >= 0.6 is 0 Å². The molecule has 0 heteroatoms. The van der Waals surface area contributed by atoms with Gasteiger partial charge in [0.25, 0.3) is 0 Å². The van der Waals surface area contributed by atoms with Gasteiger partial charge in [0.2, 0.25) is 0 Å². The van der Waals surface area contributed by atoms with Crippen molar-refractivity contribution in [3.8, 4) is 0 Å². The van der Waals surface area contributed by atoms with Gasteiger partial charge in [0, 0.05) is 0 Å². The highest BCUT2D eigenvalue weighted by atomic mass is 14.1. The van der Waals surface area contributed by atoms with Crippen molar-refractivity contribution in [2.45, 2.75) is 111 Å². The van der Waals surface area contributed by atoms with Gasteiger partial charge in [-0.3, -0.25) is 0 Å². The zero-order chi connectivity index (χ0) is 14.3. The Kier molecular flexibility index (Phi) is 14.4. The van der Waals surface area contributed by atoms with Gasteiger partial charge in [0.05, 0.1) is 0 Å². The van der Waals surface area contributed by atoms with Crippen LogP contribution in [0.25, 0.3) is 0 Å².